The van der Waals surface area contributed by atoms with Crippen LogP contribution in [0.15, 0.2) is 24.5 Å². The molecule has 1 amide bonds. The molecule has 1 fully saturated rings. The third-order valence-corrected chi connectivity index (χ3v) is 6.57. The van der Waals surface area contributed by atoms with Gasteiger partial charge in [0.1, 0.15) is 15.9 Å². The van der Waals surface area contributed by atoms with E-state index in [-0.39, 0.29) is 5.91 Å². The zero-order chi connectivity index (χ0) is 22.0. The smallest absolute Gasteiger partial charge is 0.259 e. The number of carbonyl (C=O) groups excluding carboxylic acids is 1. The average Bonchev–Trinajstić information content (AvgIpc) is 3.22. The molecule has 3 aromatic heterocycles. The number of hydrogen-bond donors (Lipinski definition) is 1. The summed E-state index contributed by atoms with van der Waals surface area (Å²) in [5.41, 5.74) is 2.48. The number of piperidine rings is 1. The summed E-state index contributed by atoms with van der Waals surface area (Å²) in [4.78, 5) is 23.8. The molecule has 0 spiro atoms. The minimum Gasteiger partial charge on any atom is -0.494 e. The lowest BCUT2D eigenvalue weighted by Crippen LogP contribution is -2.29. The molecule has 1 saturated heterocycles. The van der Waals surface area contributed by atoms with Gasteiger partial charge in [-0.05, 0) is 52.0 Å². The molecule has 0 saturated carbocycles. The van der Waals surface area contributed by atoms with Gasteiger partial charge < -0.3 is 9.64 Å². The van der Waals surface area contributed by atoms with Gasteiger partial charge in [-0.15, -0.1) is 10.2 Å². The summed E-state index contributed by atoms with van der Waals surface area (Å²) >= 11 is 7.54. The second-order valence-corrected chi connectivity index (χ2v) is 8.95. The lowest BCUT2D eigenvalue weighted by Gasteiger charge is -2.27. The van der Waals surface area contributed by atoms with Crippen LogP contribution in [-0.4, -0.2) is 58.2 Å². The molecule has 1 aliphatic heterocycles. The summed E-state index contributed by atoms with van der Waals surface area (Å²) in [5, 5.41) is 13.1. The van der Waals surface area contributed by atoms with Gasteiger partial charge in [0.05, 0.1) is 18.9 Å². The van der Waals surface area contributed by atoms with E-state index >= 15 is 0 Å². The highest BCUT2D eigenvalue weighted by Gasteiger charge is 2.23. The molecule has 0 atom stereocenters. The number of likely N-dealkylation sites (tertiary alicyclic amines) is 1. The SMILES string of the molecule is COc1cnc(Cl)cc1-c1cc(C)ncc1C(=O)Nc1nnc(C2CCN(C)CC2)s1. The fourth-order valence-corrected chi connectivity index (χ4v) is 4.69. The first kappa shape index (κ1) is 21.6. The summed E-state index contributed by atoms with van der Waals surface area (Å²) in [7, 11) is 3.67. The number of aromatic nitrogens is 4. The molecular weight excluding hydrogens is 436 g/mol. The average molecular weight is 459 g/mol. The third-order valence-electron chi connectivity index (χ3n) is 5.36. The van der Waals surface area contributed by atoms with Gasteiger partial charge in [-0.1, -0.05) is 22.9 Å². The van der Waals surface area contributed by atoms with E-state index in [0.717, 1.165) is 36.6 Å². The molecule has 0 unspecified atom stereocenters. The summed E-state index contributed by atoms with van der Waals surface area (Å²) in [6.45, 7) is 3.94. The van der Waals surface area contributed by atoms with Gasteiger partial charge in [-0.25, -0.2) is 4.98 Å². The Hall–Kier alpha value is -2.62. The van der Waals surface area contributed by atoms with Gasteiger partial charge in [-0.2, -0.15) is 0 Å². The molecule has 4 rings (SSSR count). The van der Waals surface area contributed by atoms with Crippen LogP contribution < -0.4 is 10.1 Å². The first-order valence-electron chi connectivity index (χ1n) is 9.94. The maximum Gasteiger partial charge on any atom is 0.259 e. The highest BCUT2D eigenvalue weighted by atomic mass is 35.5. The van der Waals surface area contributed by atoms with E-state index in [2.05, 4.69) is 37.4 Å². The molecule has 31 heavy (non-hydrogen) atoms. The van der Waals surface area contributed by atoms with E-state index in [1.54, 1.807) is 19.4 Å². The summed E-state index contributed by atoms with van der Waals surface area (Å²) < 4.78 is 5.43. The number of halogens is 1. The zero-order valence-electron chi connectivity index (χ0n) is 17.6. The number of rotatable bonds is 5. The van der Waals surface area contributed by atoms with E-state index in [4.69, 9.17) is 16.3 Å². The molecule has 0 bridgehead atoms. The van der Waals surface area contributed by atoms with Gasteiger partial charge in [0.15, 0.2) is 0 Å². The molecule has 162 valence electrons. The Kier molecular flexibility index (Phi) is 6.45. The fraction of sp³-hybridized carbons (Fsp3) is 0.381. The van der Waals surface area contributed by atoms with Crippen molar-refractivity contribution in [1.29, 1.82) is 0 Å². The van der Waals surface area contributed by atoms with E-state index in [9.17, 15) is 4.79 Å². The Labute approximate surface area is 189 Å². The van der Waals surface area contributed by atoms with Crippen LogP contribution in [0.4, 0.5) is 5.13 Å². The van der Waals surface area contributed by atoms with Crippen molar-refractivity contribution in [3.05, 3.63) is 45.9 Å². The Bertz CT molecular complexity index is 1100. The van der Waals surface area contributed by atoms with Crippen LogP contribution in [0.3, 0.4) is 0 Å². The quantitative estimate of drug-likeness (QED) is 0.577. The monoisotopic (exact) mass is 458 g/mol. The lowest BCUT2D eigenvalue weighted by molar-refractivity contribution is 0.102. The second-order valence-electron chi connectivity index (χ2n) is 7.56. The number of ether oxygens (including phenoxy) is 1. The molecule has 1 N–H and O–H groups in total. The minimum atomic E-state index is -0.316. The van der Waals surface area contributed by atoms with Crippen molar-refractivity contribution >= 4 is 34.0 Å². The topological polar surface area (TPSA) is 93.1 Å². The molecule has 1 aliphatic rings. The standard InChI is InChI=1S/C21H23ClN6O2S/c1-12-8-14(15-9-18(22)24-11-17(15)30-3)16(10-23-12)19(29)25-21-27-26-20(31-21)13-4-6-28(2)7-5-13/h8-11,13H,4-7H2,1-3H3,(H,25,27,29). The number of hydrogen-bond acceptors (Lipinski definition) is 8. The zero-order valence-corrected chi connectivity index (χ0v) is 19.1. The van der Waals surface area contributed by atoms with E-state index in [1.807, 2.05) is 13.0 Å². The van der Waals surface area contributed by atoms with Crippen molar-refractivity contribution in [1.82, 2.24) is 25.1 Å². The maximum absolute atomic E-state index is 13.1. The van der Waals surface area contributed by atoms with Crippen LogP contribution in [0.25, 0.3) is 11.1 Å². The van der Waals surface area contributed by atoms with Gasteiger partial charge in [-0.3, -0.25) is 15.1 Å². The normalized spacial score (nSPS) is 15.1. The van der Waals surface area contributed by atoms with Gasteiger partial charge in [0, 0.05) is 28.9 Å². The molecule has 0 aliphatic carbocycles. The van der Waals surface area contributed by atoms with Gasteiger partial charge in [0.25, 0.3) is 5.91 Å². The van der Waals surface area contributed by atoms with E-state index < -0.39 is 0 Å². The highest BCUT2D eigenvalue weighted by Crippen LogP contribution is 2.35. The highest BCUT2D eigenvalue weighted by molar-refractivity contribution is 7.15. The predicted octanol–water partition coefficient (Wildman–Crippen LogP) is 4.03. The Morgan fingerprint density at radius 1 is 1.19 bits per heavy atom. The molecule has 4 heterocycles. The van der Waals surface area contributed by atoms with Crippen molar-refractivity contribution in [2.45, 2.75) is 25.7 Å². The number of nitrogens with one attached hydrogen (secondary N) is 1. The third kappa shape index (κ3) is 4.84. The van der Waals surface area contributed by atoms with Crippen LogP contribution in [0.2, 0.25) is 5.15 Å². The number of amides is 1. The van der Waals surface area contributed by atoms with Crippen LogP contribution in [0, 0.1) is 6.92 Å². The Morgan fingerprint density at radius 3 is 2.71 bits per heavy atom. The van der Waals surface area contributed by atoms with Crippen molar-refractivity contribution in [3.63, 3.8) is 0 Å². The summed E-state index contributed by atoms with van der Waals surface area (Å²) in [5.74, 6) is 0.590. The van der Waals surface area contributed by atoms with Crippen LogP contribution >= 0.6 is 22.9 Å². The lowest BCUT2D eigenvalue weighted by atomic mass is 9.98. The van der Waals surface area contributed by atoms with Crippen molar-refractivity contribution in [2.24, 2.45) is 0 Å². The van der Waals surface area contributed by atoms with Gasteiger partial charge in [0.2, 0.25) is 5.13 Å². The van der Waals surface area contributed by atoms with E-state index in [0.29, 0.717) is 38.6 Å². The van der Waals surface area contributed by atoms with Crippen molar-refractivity contribution in [2.75, 3.05) is 32.6 Å². The van der Waals surface area contributed by atoms with Crippen LogP contribution in [0.5, 0.6) is 5.75 Å². The molecule has 8 nitrogen and oxygen atoms in total. The predicted molar refractivity (Wildman–Crippen MR) is 121 cm³/mol. The molecule has 10 heteroatoms. The Morgan fingerprint density at radius 2 is 1.97 bits per heavy atom. The number of methoxy groups -OCH3 is 1. The van der Waals surface area contributed by atoms with Crippen molar-refractivity contribution in [3.8, 4) is 16.9 Å². The first-order chi connectivity index (χ1) is 14.9. The summed E-state index contributed by atoms with van der Waals surface area (Å²) in [6, 6.07) is 3.50. The molecule has 3 aromatic rings. The summed E-state index contributed by atoms with van der Waals surface area (Å²) in [6.07, 6.45) is 5.18. The number of pyridine rings is 2. The first-order valence-corrected chi connectivity index (χ1v) is 11.1. The van der Waals surface area contributed by atoms with Crippen LogP contribution in [0.1, 0.15) is 39.8 Å². The molecular formula is C21H23ClN6O2S. The maximum atomic E-state index is 13.1. The molecule has 0 radical (unpaired) electrons. The number of aryl methyl sites for hydroxylation is 1. The number of nitrogens with zero attached hydrogens (tertiary/aromatic N) is 5. The van der Waals surface area contributed by atoms with Gasteiger partial charge >= 0.3 is 0 Å². The van der Waals surface area contributed by atoms with E-state index in [1.165, 1.54) is 17.5 Å². The van der Waals surface area contributed by atoms with Crippen molar-refractivity contribution < 1.29 is 9.53 Å². The Balaban J connectivity index is 1.60. The van der Waals surface area contributed by atoms with Crippen LogP contribution in [-0.2, 0) is 0 Å². The number of carbonyl (C=O) groups is 1. The molecule has 0 aromatic carbocycles. The second kappa shape index (κ2) is 9.25. The minimum absolute atomic E-state index is 0.309. The number of anilines is 1. The largest absolute Gasteiger partial charge is 0.494 e. The fourth-order valence-electron chi connectivity index (χ4n) is 3.62.